The number of rotatable bonds is 3. The van der Waals surface area contributed by atoms with E-state index in [2.05, 4.69) is 21.0 Å². The van der Waals surface area contributed by atoms with Gasteiger partial charge in [0.2, 0.25) is 0 Å². The Balaban J connectivity index is 2.25. The van der Waals surface area contributed by atoms with E-state index in [1.807, 2.05) is 29.1 Å². The third-order valence-corrected chi connectivity index (χ3v) is 2.47. The first-order valence-electron chi connectivity index (χ1n) is 4.68. The van der Waals surface area contributed by atoms with Gasteiger partial charge in [0, 0.05) is 17.1 Å². The van der Waals surface area contributed by atoms with Crippen molar-refractivity contribution in [2.75, 3.05) is 5.33 Å². The lowest BCUT2D eigenvalue weighted by Crippen LogP contribution is -1.98. The second-order valence-electron chi connectivity index (χ2n) is 3.20. The van der Waals surface area contributed by atoms with Crippen LogP contribution < -0.4 is 0 Å². The van der Waals surface area contributed by atoms with Gasteiger partial charge in [-0.2, -0.15) is 5.10 Å². The van der Waals surface area contributed by atoms with Crippen molar-refractivity contribution < 1.29 is 5.11 Å². The minimum absolute atomic E-state index is 0.277. The Hall–Kier alpha value is -1.29. The summed E-state index contributed by atoms with van der Waals surface area (Å²) in [4.78, 5) is 0. The van der Waals surface area contributed by atoms with Gasteiger partial charge < -0.3 is 5.11 Å². The summed E-state index contributed by atoms with van der Waals surface area (Å²) in [5.74, 6) is 0.277. The zero-order chi connectivity index (χ0) is 10.7. The van der Waals surface area contributed by atoms with Gasteiger partial charge in [-0.1, -0.05) is 15.9 Å². The fraction of sp³-hybridized carbons (Fsp3) is 0.182. The molecule has 0 spiro atoms. The highest BCUT2D eigenvalue weighted by atomic mass is 79.9. The lowest BCUT2D eigenvalue weighted by Gasteiger charge is -1.98. The molecule has 1 aromatic heterocycles. The standard InChI is InChI=1S/C11H11BrN2O/c12-6-8-14-7-5-11(13-14)9-1-3-10(15)4-2-9/h1-5,7,15H,6,8H2. The number of hydrogen-bond acceptors (Lipinski definition) is 2. The van der Waals surface area contributed by atoms with Crippen molar-refractivity contribution in [2.24, 2.45) is 0 Å². The molecule has 2 aromatic rings. The van der Waals surface area contributed by atoms with Crippen molar-refractivity contribution in [1.82, 2.24) is 9.78 Å². The van der Waals surface area contributed by atoms with Gasteiger partial charge in [-0.05, 0) is 30.3 Å². The first-order valence-corrected chi connectivity index (χ1v) is 5.80. The van der Waals surface area contributed by atoms with Gasteiger partial charge >= 0.3 is 0 Å². The molecule has 78 valence electrons. The molecule has 0 fully saturated rings. The molecule has 4 heteroatoms. The van der Waals surface area contributed by atoms with Gasteiger partial charge in [0.1, 0.15) is 5.75 Å². The van der Waals surface area contributed by atoms with Crippen LogP contribution in [-0.2, 0) is 6.54 Å². The number of benzene rings is 1. The second-order valence-corrected chi connectivity index (χ2v) is 3.99. The monoisotopic (exact) mass is 266 g/mol. The predicted octanol–water partition coefficient (Wildman–Crippen LogP) is 2.65. The van der Waals surface area contributed by atoms with E-state index in [1.165, 1.54) is 0 Å². The number of aryl methyl sites for hydroxylation is 1. The Morgan fingerprint density at radius 2 is 1.93 bits per heavy atom. The third-order valence-electron chi connectivity index (χ3n) is 2.12. The Morgan fingerprint density at radius 1 is 1.20 bits per heavy atom. The minimum atomic E-state index is 0.277. The quantitative estimate of drug-likeness (QED) is 0.868. The van der Waals surface area contributed by atoms with Crippen LogP contribution in [0, 0.1) is 0 Å². The van der Waals surface area contributed by atoms with Gasteiger partial charge in [-0.25, -0.2) is 0 Å². The van der Waals surface area contributed by atoms with Crippen LogP contribution in [0.15, 0.2) is 36.5 Å². The summed E-state index contributed by atoms with van der Waals surface area (Å²) in [6.45, 7) is 0.859. The molecular formula is C11H11BrN2O. The first kappa shape index (κ1) is 10.2. The lowest BCUT2D eigenvalue weighted by molar-refractivity contribution is 0.475. The Bertz CT molecular complexity index is 436. The van der Waals surface area contributed by atoms with Crippen LogP contribution in [0.3, 0.4) is 0 Å². The smallest absolute Gasteiger partial charge is 0.115 e. The van der Waals surface area contributed by atoms with Crippen molar-refractivity contribution in [2.45, 2.75) is 6.54 Å². The fourth-order valence-corrected chi connectivity index (χ4v) is 1.72. The van der Waals surface area contributed by atoms with Gasteiger partial charge in [0.05, 0.1) is 12.2 Å². The van der Waals surface area contributed by atoms with E-state index in [9.17, 15) is 0 Å². The number of phenols is 1. The van der Waals surface area contributed by atoms with E-state index in [4.69, 9.17) is 5.11 Å². The van der Waals surface area contributed by atoms with E-state index >= 15 is 0 Å². The summed E-state index contributed by atoms with van der Waals surface area (Å²) in [5.41, 5.74) is 1.94. The Kier molecular flexibility index (Phi) is 3.06. The molecule has 2 rings (SSSR count). The molecule has 0 aliphatic rings. The predicted molar refractivity (Wildman–Crippen MR) is 63.1 cm³/mol. The average Bonchev–Trinajstić information content (AvgIpc) is 2.68. The number of hydrogen-bond donors (Lipinski definition) is 1. The highest BCUT2D eigenvalue weighted by Gasteiger charge is 2.01. The summed E-state index contributed by atoms with van der Waals surface area (Å²) >= 11 is 3.37. The molecule has 0 radical (unpaired) electrons. The van der Waals surface area contributed by atoms with Crippen LogP contribution in [0.2, 0.25) is 0 Å². The molecule has 0 aliphatic carbocycles. The molecule has 0 aliphatic heterocycles. The molecule has 0 amide bonds. The second kappa shape index (κ2) is 4.49. The molecule has 15 heavy (non-hydrogen) atoms. The molecule has 0 atom stereocenters. The van der Waals surface area contributed by atoms with Gasteiger partial charge in [-0.15, -0.1) is 0 Å². The van der Waals surface area contributed by atoms with Crippen LogP contribution in [-0.4, -0.2) is 20.2 Å². The highest BCUT2D eigenvalue weighted by Crippen LogP contribution is 2.19. The van der Waals surface area contributed by atoms with Crippen molar-refractivity contribution in [1.29, 1.82) is 0 Å². The summed E-state index contributed by atoms with van der Waals surface area (Å²) in [6.07, 6.45) is 1.95. The zero-order valence-corrected chi connectivity index (χ0v) is 9.68. The number of alkyl halides is 1. The number of nitrogens with zero attached hydrogens (tertiary/aromatic N) is 2. The normalized spacial score (nSPS) is 10.5. The Morgan fingerprint density at radius 3 is 2.60 bits per heavy atom. The van der Waals surface area contributed by atoms with Gasteiger partial charge in [-0.3, -0.25) is 4.68 Å². The largest absolute Gasteiger partial charge is 0.508 e. The molecule has 1 aromatic carbocycles. The minimum Gasteiger partial charge on any atom is -0.508 e. The molecule has 0 bridgehead atoms. The summed E-state index contributed by atoms with van der Waals surface area (Å²) in [6, 6.07) is 9.01. The average molecular weight is 267 g/mol. The number of aromatic nitrogens is 2. The number of aromatic hydroxyl groups is 1. The number of halogens is 1. The maximum atomic E-state index is 9.16. The molecule has 3 nitrogen and oxygen atoms in total. The van der Waals surface area contributed by atoms with Crippen LogP contribution in [0.1, 0.15) is 0 Å². The molecule has 1 N–H and O–H groups in total. The summed E-state index contributed by atoms with van der Waals surface area (Å²) < 4.78 is 1.89. The van der Waals surface area contributed by atoms with E-state index < -0.39 is 0 Å². The van der Waals surface area contributed by atoms with Gasteiger partial charge in [0.15, 0.2) is 0 Å². The molecule has 0 saturated carbocycles. The van der Waals surface area contributed by atoms with Crippen molar-refractivity contribution in [3.05, 3.63) is 36.5 Å². The van der Waals surface area contributed by atoms with E-state index in [0.29, 0.717) is 0 Å². The first-order chi connectivity index (χ1) is 7.29. The number of phenolic OH excluding ortho intramolecular Hbond substituents is 1. The molecular weight excluding hydrogens is 256 g/mol. The third kappa shape index (κ3) is 2.39. The highest BCUT2D eigenvalue weighted by molar-refractivity contribution is 9.09. The van der Waals surface area contributed by atoms with Crippen molar-refractivity contribution in [3.63, 3.8) is 0 Å². The van der Waals surface area contributed by atoms with Crippen LogP contribution in [0.5, 0.6) is 5.75 Å². The van der Waals surface area contributed by atoms with Gasteiger partial charge in [0.25, 0.3) is 0 Å². The summed E-state index contributed by atoms with van der Waals surface area (Å²) in [7, 11) is 0. The summed E-state index contributed by atoms with van der Waals surface area (Å²) in [5, 5.41) is 14.5. The zero-order valence-electron chi connectivity index (χ0n) is 8.10. The van der Waals surface area contributed by atoms with Crippen LogP contribution in [0.4, 0.5) is 0 Å². The molecule has 1 heterocycles. The molecule has 0 unspecified atom stereocenters. The maximum Gasteiger partial charge on any atom is 0.115 e. The Labute approximate surface area is 96.5 Å². The van der Waals surface area contributed by atoms with E-state index in [1.54, 1.807) is 12.1 Å². The van der Waals surface area contributed by atoms with E-state index in [0.717, 1.165) is 23.1 Å². The topological polar surface area (TPSA) is 38.0 Å². The fourth-order valence-electron chi connectivity index (χ4n) is 1.36. The van der Waals surface area contributed by atoms with Crippen LogP contribution >= 0.6 is 15.9 Å². The van der Waals surface area contributed by atoms with Crippen molar-refractivity contribution >= 4 is 15.9 Å². The van der Waals surface area contributed by atoms with Crippen molar-refractivity contribution in [3.8, 4) is 17.0 Å². The SMILES string of the molecule is Oc1ccc(-c2ccn(CCBr)n2)cc1. The van der Waals surface area contributed by atoms with E-state index in [-0.39, 0.29) is 5.75 Å². The molecule has 0 saturated heterocycles. The van der Waals surface area contributed by atoms with Crippen LogP contribution in [0.25, 0.3) is 11.3 Å². The maximum absolute atomic E-state index is 9.16. The lowest BCUT2D eigenvalue weighted by atomic mass is 10.1.